The Balaban J connectivity index is 2.50. The number of nitrogens with one attached hydrogen (secondary N) is 1. The molecule has 0 aliphatic carbocycles. The predicted molar refractivity (Wildman–Crippen MR) is 73.6 cm³/mol. The van der Waals surface area contributed by atoms with E-state index in [1.54, 1.807) is 12.1 Å². The van der Waals surface area contributed by atoms with Crippen molar-refractivity contribution in [1.82, 2.24) is 4.90 Å². The molecule has 1 aromatic rings. The molecule has 0 aliphatic heterocycles. The standard InChI is InChI=1S/C14H19N3O2/c1-2-17(9-10-18)11-14(19)16-13-5-3-12(4-6-13)7-8-15/h3-6,18H,2,7,9-11H2,1H3,(H,16,19). The number of carbonyl (C=O) groups is 1. The van der Waals surface area contributed by atoms with Gasteiger partial charge >= 0.3 is 0 Å². The van der Waals surface area contributed by atoms with Crippen LogP contribution in [0.3, 0.4) is 0 Å². The van der Waals surface area contributed by atoms with Gasteiger partial charge in [-0.15, -0.1) is 0 Å². The van der Waals surface area contributed by atoms with Crippen molar-refractivity contribution >= 4 is 11.6 Å². The van der Waals surface area contributed by atoms with Crippen LogP contribution in [0.4, 0.5) is 5.69 Å². The molecule has 5 nitrogen and oxygen atoms in total. The summed E-state index contributed by atoms with van der Waals surface area (Å²) < 4.78 is 0. The number of aliphatic hydroxyl groups is 1. The molecule has 102 valence electrons. The molecule has 0 heterocycles. The molecule has 0 atom stereocenters. The fourth-order valence-electron chi connectivity index (χ4n) is 1.69. The van der Waals surface area contributed by atoms with Crippen molar-refractivity contribution in [3.63, 3.8) is 0 Å². The molecule has 0 spiro atoms. The van der Waals surface area contributed by atoms with Crippen LogP contribution in [0.25, 0.3) is 0 Å². The highest BCUT2D eigenvalue weighted by Crippen LogP contribution is 2.09. The van der Waals surface area contributed by atoms with Crippen LogP contribution in [0.1, 0.15) is 12.5 Å². The first-order chi connectivity index (χ1) is 9.19. The molecule has 1 amide bonds. The Morgan fingerprint density at radius 3 is 2.63 bits per heavy atom. The van der Waals surface area contributed by atoms with Gasteiger partial charge in [0.1, 0.15) is 0 Å². The molecule has 19 heavy (non-hydrogen) atoms. The van der Waals surface area contributed by atoms with Crippen molar-refractivity contribution in [2.45, 2.75) is 13.3 Å². The Hall–Kier alpha value is -1.90. The third-order valence-corrected chi connectivity index (χ3v) is 2.75. The van der Waals surface area contributed by atoms with Gasteiger partial charge in [0, 0.05) is 12.2 Å². The van der Waals surface area contributed by atoms with Gasteiger partial charge < -0.3 is 10.4 Å². The SMILES string of the molecule is CCN(CCO)CC(=O)Nc1ccc(CC#N)cc1. The van der Waals surface area contributed by atoms with E-state index in [2.05, 4.69) is 11.4 Å². The summed E-state index contributed by atoms with van der Waals surface area (Å²) >= 11 is 0. The number of aliphatic hydroxyl groups excluding tert-OH is 1. The third-order valence-electron chi connectivity index (χ3n) is 2.75. The van der Waals surface area contributed by atoms with E-state index < -0.39 is 0 Å². The maximum Gasteiger partial charge on any atom is 0.238 e. The number of nitrogens with zero attached hydrogens (tertiary/aromatic N) is 2. The van der Waals surface area contributed by atoms with E-state index in [1.807, 2.05) is 24.0 Å². The zero-order valence-corrected chi connectivity index (χ0v) is 11.1. The Kier molecular flexibility index (Phi) is 6.58. The first kappa shape index (κ1) is 15.2. The van der Waals surface area contributed by atoms with E-state index in [-0.39, 0.29) is 19.1 Å². The van der Waals surface area contributed by atoms with Crippen LogP contribution in [0.5, 0.6) is 0 Å². The van der Waals surface area contributed by atoms with E-state index in [9.17, 15) is 4.79 Å². The molecule has 0 saturated carbocycles. The van der Waals surface area contributed by atoms with Crippen LogP contribution >= 0.6 is 0 Å². The first-order valence-corrected chi connectivity index (χ1v) is 6.28. The highest BCUT2D eigenvalue weighted by Gasteiger charge is 2.08. The molecule has 0 unspecified atom stereocenters. The quantitative estimate of drug-likeness (QED) is 0.768. The number of anilines is 1. The Morgan fingerprint density at radius 2 is 2.11 bits per heavy atom. The number of nitriles is 1. The summed E-state index contributed by atoms with van der Waals surface area (Å²) in [7, 11) is 0. The molecule has 0 bridgehead atoms. The van der Waals surface area contributed by atoms with E-state index in [0.29, 0.717) is 18.7 Å². The van der Waals surface area contributed by atoms with Crippen LogP contribution in [0.15, 0.2) is 24.3 Å². The van der Waals surface area contributed by atoms with Gasteiger partial charge in [0.05, 0.1) is 25.6 Å². The number of rotatable bonds is 7. The summed E-state index contributed by atoms with van der Waals surface area (Å²) in [6.45, 7) is 3.46. The van der Waals surface area contributed by atoms with Crippen LogP contribution in [0, 0.1) is 11.3 Å². The minimum atomic E-state index is -0.108. The summed E-state index contributed by atoms with van der Waals surface area (Å²) in [4.78, 5) is 13.6. The second-order valence-electron chi connectivity index (χ2n) is 4.17. The average molecular weight is 261 g/mol. The topological polar surface area (TPSA) is 76.4 Å². The van der Waals surface area contributed by atoms with Crippen molar-refractivity contribution in [3.8, 4) is 6.07 Å². The van der Waals surface area contributed by atoms with E-state index >= 15 is 0 Å². The van der Waals surface area contributed by atoms with E-state index in [4.69, 9.17) is 10.4 Å². The molecule has 1 aromatic carbocycles. The van der Waals surface area contributed by atoms with Crippen molar-refractivity contribution in [2.24, 2.45) is 0 Å². The van der Waals surface area contributed by atoms with Gasteiger partial charge in [-0.3, -0.25) is 9.69 Å². The zero-order chi connectivity index (χ0) is 14.1. The Bertz CT molecular complexity index is 437. The molecule has 0 radical (unpaired) electrons. The first-order valence-electron chi connectivity index (χ1n) is 6.28. The van der Waals surface area contributed by atoms with Crippen LogP contribution < -0.4 is 5.32 Å². The predicted octanol–water partition coefficient (Wildman–Crippen LogP) is 1.01. The lowest BCUT2D eigenvalue weighted by Crippen LogP contribution is -2.35. The number of hydrogen-bond acceptors (Lipinski definition) is 4. The Morgan fingerprint density at radius 1 is 1.42 bits per heavy atom. The molecule has 0 saturated heterocycles. The molecule has 0 fully saturated rings. The van der Waals surface area contributed by atoms with Crippen molar-refractivity contribution in [2.75, 3.05) is 31.6 Å². The molecule has 1 rings (SSSR count). The number of benzene rings is 1. The third kappa shape index (κ3) is 5.51. The number of likely N-dealkylation sites (N-methyl/N-ethyl adjacent to an activating group) is 1. The maximum atomic E-state index is 11.8. The zero-order valence-electron chi connectivity index (χ0n) is 11.1. The van der Waals surface area contributed by atoms with Gasteiger partial charge in [0.2, 0.25) is 5.91 Å². The van der Waals surface area contributed by atoms with Gasteiger partial charge in [-0.25, -0.2) is 0 Å². The summed E-state index contributed by atoms with van der Waals surface area (Å²) in [6, 6.07) is 9.29. The number of hydrogen-bond donors (Lipinski definition) is 2. The van der Waals surface area contributed by atoms with Gasteiger partial charge in [-0.1, -0.05) is 19.1 Å². The molecular formula is C14H19N3O2. The average Bonchev–Trinajstić information content (AvgIpc) is 2.41. The second-order valence-corrected chi connectivity index (χ2v) is 4.17. The molecule has 0 aromatic heterocycles. The summed E-state index contributed by atoms with van der Waals surface area (Å²) in [5, 5.41) is 20.2. The highest BCUT2D eigenvalue weighted by atomic mass is 16.3. The van der Waals surface area contributed by atoms with Gasteiger partial charge in [0.15, 0.2) is 0 Å². The second kappa shape index (κ2) is 8.25. The van der Waals surface area contributed by atoms with Crippen LogP contribution in [-0.4, -0.2) is 42.2 Å². The monoisotopic (exact) mass is 261 g/mol. The summed E-state index contributed by atoms with van der Waals surface area (Å²) in [6.07, 6.45) is 0.369. The summed E-state index contributed by atoms with van der Waals surface area (Å²) in [5.74, 6) is -0.108. The normalized spacial score (nSPS) is 10.2. The fraction of sp³-hybridized carbons (Fsp3) is 0.429. The minimum Gasteiger partial charge on any atom is -0.395 e. The molecule has 2 N–H and O–H groups in total. The number of carbonyl (C=O) groups excluding carboxylic acids is 1. The summed E-state index contributed by atoms with van der Waals surface area (Å²) in [5.41, 5.74) is 1.64. The highest BCUT2D eigenvalue weighted by molar-refractivity contribution is 5.92. The lowest BCUT2D eigenvalue weighted by molar-refractivity contribution is -0.117. The smallest absolute Gasteiger partial charge is 0.238 e. The lowest BCUT2D eigenvalue weighted by Gasteiger charge is -2.18. The van der Waals surface area contributed by atoms with E-state index in [0.717, 1.165) is 12.1 Å². The van der Waals surface area contributed by atoms with Crippen molar-refractivity contribution < 1.29 is 9.90 Å². The van der Waals surface area contributed by atoms with Crippen molar-refractivity contribution in [1.29, 1.82) is 5.26 Å². The van der Waals surface area contributed by atoms with Crippen molar-refractivity contribution in [3.05, 3.63) is 29.8 Å². The lowest BCUT2D eigenvalue weighted by atomic mass is 10.1. The minimum absolute atomic E-state index is 0.0456. The van der Waals surface area contributed by atoms with Gasteiger partial charge in [-0.2, -0.15) is 5.26 Å². The maximum absolute atomic E-state index is 11.8. The number of amides is 1. The van der Waals surface area contributed by atoms with Crippen LogP contribution in [-0.2, 0) is 11.2 Å². The molecule has 5 heteroatoms. The van der Waals surface area contributed by atoms with E-state index in [1.165, 1.54) is 0 Å². The van der Waals surface area contributed by atoms with Gasteiger partial charge in [0.25, 0.3) is 0 Å². The van der Waals surface area contributed by atoms with Gasteiger partial charge in [-0.05, 0) is 24.2 Å². The van der Waals surface area contributed by atoms with Crippen LogP contribution in [0.2, 0.25) is 0 Å². The largest absolute Gasteiger partial charge is 0.395 e. The molecular weight excluding hydrogens is 242 g/mol. The Labute approximate surface area is 113 Å². The fourth-order valence-corrected chi connectivity index (χ4v) is 1.69. The molecule has 0 aliphatic rings.